The number of para-hydroxylation sites is 4. The molecule has 4 nitrogen and oxygen atoms in total. The number of hydrogen-bond donors (Lipinski definition) is 2. The van der Waals surface area contributed by atoms with E-state index in [1.807, 2.05) is 0 Å². The third-order valence-electron chi connectivity index (χ3n) is 10.1. The molecule has 2 aliphatic heterocycles. The van der Waals surface area contributed by atoms with E-state index in [4.69, 9.17) is 0 Å². The molecule has 2 atom stereocenters. The number of nitrogens with one attached hydrogen (secondary N) is 2. The van der Waals surface area contributed by atoms with Crippen molar-refractivity contribution < 1.29 is 0 Å². The third-order valence-corrected chi connectivity index (χ3v) is 10.1. The Morgan fingerprint density at radius 3 is 1.29 bits per heavy atom. The molecule has 4 aromatic carbocycles. The van der Waals surface area contributed by atoms with Gasteiger partial charge in [0.1, 0.15) is 0 Å². The van der Waals surface area contributed by atoms with E-state index in [-0.39, 0.29) is 11.8 Å². The third kappa shape index (κ3) is 3.54. The SMILES string of the molecule is c1ccc(N2CCCC2)c([C@H]2c3[nH]c4ccccc4c3[C@@H](c3ccccc3N3CCCC3)c3[nH]c4ccccc4c32)c1. The second kappa shape index (κ2) is 9.55. The fourth-order valence-electron chi connectivity index (χ4n) is 8.31. The summed E-state index contributed by atoms with van der Waals surface area (Å²) in [6.07, 6.45) is 5.07. The second-order valence-corrected chi connectivity index (χ2v) is 12.4. The standard InChI is InChI=1S/C38H36N4/c1-5-17-29-25(13-1)33-35(27-15-3-7-19-31(27)41-21-9-10-22-41)38-34(26-14-2-6-18-30(26)40-38)36(37(33)39-29)28-16-4-8-20-32(28)42-23-11-12-24-42/h1-8,13-20,35-36,39-40H,9-12,21-24H2/t35-,36-/m1/s1. The summed E-state index contributed by atoms with van der Waals surface area (Å²) in [6, 6.07) is 36.3. The van der Waals surface area contributed by atoms with Crippen LogP contribution in [0, 0.1) is 0 Å². The lowest BCUT2D eigenvalue weighted by Crippen LogP contribution is -2.25. The molecule has 2 aromatic heterocycles. The smallest absolute Gasteiger partial charge is 0.0539 e. The summed E-state index contributed by atoms with van der Waals surface area (Å²) in [6.45, 7) is 4.54. The van der Waals surface area contributed by atoms with Gasteiger partial charge in [-0.05, 0) is 72.2 Å². The molecule has 0 spiro atoms. The van der Waals surface area contributed by atoms with Gasteiger partial charge in [-0.15, -0.1) is 0 Å². The molecule has 2 fully saturated rings. The Balaban J connectivity index is 1.38. The minimum atomic E-state index is 0.116. The van der Waals surface area contributed by atoms with Gasteiger partial charge in [0.2, 0.25) is 0 Å². The number of anilines is 2. The van der Waals surface area contributed by atoms with Crippen LogP contribution in [0.15, 0.2) is 97.1 Å². The molecular formula is C38H36N4. The molecule has 2 saturated heterocycles. The molecule has 2 N–H and O–H groups in total. The zero-order valence-electron chi connectivity index (χ0n) is 23.9. The van der Waals surface area contributed by atoms with Crippen molar-refractivity contribution >= 4 is 33.2 Å². The van der Waals surface area contributed by atoms with Crippen LogP contribution in [0.3, 0.4) is 0 Å². The van der Waals surface area contributed by atoms with E-state index in [1.54, 1.807) is 0 Å². The van der Waals surface area contributed by atoms with Gasteiger partial charge in [0.05, 0.1) is 11.8 Å². The van der Waals surface area contributed by atoms with Crippen molar-refractivity contribution in [1.82, 2.24) is 9.97 Å². The van der Waals surface area contributed by atoms with Gasteiger partial charge in [0.25, 0.3) is 0 Å². The van der Waals surface area contributed by atoms with E-state index in [2.05, 4.69) is 117 Å². The maximum Gasteiger partial charge on any atom is 0.0539 e. The molecule has 0 saturated carbocycles. The first kappa shape index (κ1) is 24.2. The Labute approximate surface area is 247 Å². The van der Waals surface area contributed by atoms with Crippen LogP contribution in [-0.2, 0) is 0 Å². The number of aromatic amines is 2. The largest absolute Gasteiger partial charge is 0.371 e. The topological polar surface area (TPSA) is 38.1 Å². The van der Waals surface area contributed by atoms with Crippen molar-refractivity contribution in [1.29, 1.82) is 0 Å². The maximum atomic E-state index is 4.02. The highest BCUT2D eigenvalue weighted by Gasteiger charge is 2.41. The Morgan fingerprint density at radius 2 is 0.833 bits per heavy atom. The lowest BCUT2D eigenvalue weighted by atomic mass is 9.71. The summed E-state index contributed by atoms with van der Waals surface area (Å²) < 4.78 is 0. The Bertz CT molecular complexity index is 1790. The first-order valence-corrected chi connectivity index (χ1v) is 15.8. The van der Waals surface area contributed by atoms with Crippen LogP contribution >= 0.6 is 0 Å². The molecule has 4 heterocycles. The first-order chi connectivity index (χ1) is 20.9. The van der Waals surface area contributed by atoms with Crippen molar-refractivity contribution in [3.8, 4) is 0 Å². The summed E-state index contributed by atoms with van der Waals surface area (Å²) in [5.74, 6) is 0.232. The molecule has 42 heavy (non-hydrogen) atoms. The normalized spacial score (nSPS) is 20.0. The molecule has 4 heteroatoms. The van der Waals surface area contributed by atoms with Gasteiger partial charge < -0.3 is 19.8 Å². The zero-order valence-corrected chi connectivity index (χ0v) is 23.9. The fourth-order valence-corrected chi connectivity index (χ4v) is 8.31. The molecule has 0 bridgehead atoms. The summed E-state index contributed by atoms with van der Waals surface area (Å²) >= 11 is 0. The average Bonchev–Trinajstić information content (AvgIpc) is 3.86. The summed E-state index contributed by atoms with van der Waals surface area (Å²) in [5.41, 5.74) is 13.6. The highest BCUT2D eigenvalue weighted by Crippen LogP contribution is 2.55. The van der Waals surface area contributed by atoms with Crippen molar-refractivity contribution in [3.63, 3.8) is 0 Å². The van der Waals surface area contributed by atoms with Gasteiger partial charge in [-0.3, -0.25) is 0 Å². The second-order valence-electron chi connectivity index (χ2n) is 12.4. The van der Waals surface area contributed by atoms with Crippen molar-refractivity contribution in [2.24, 2.45) is 0 Å². The lowest BCUT2D eigenvalue weighted by molar-refractivity contribution is 0.791. The first-order valence-electron chi connectivity index (χ1n) is 15.8. The summed E-state index contributed by atoms with van der Waals surface area (Å²) in [5, 5.41) is 2.67. The van der Waals surface area contributed by atoms with Gasteiger partial charge in [-0.25, -0.2) is 0 Å². The molecule has 0 unspecified atom stereocenters. The van der Waals surface area contributed by atoms with E-state index >= 15 is 0 Å². The molecule has 208 valence electrons. The van der Waals surface area contributed by atoms with Gasteiger partial charge in [-0.2, -0.15) is 0 Å². The Morgan fingerprint density at radius 1 is 0.452 bits per heavy atom. The summed E-state index contributed by atoms with van der Waals surface area (Å²) in [7, 11) is 0. The maximum absolute atomic E-state index is 4.02. The monoisotopic (exact) mass is 548 g/mol. The summed E-state index contributed by atoms with van der Waals surface area (Å²) in [4.78, 5) is 13.3. The van der Waals surface area contributed by atoms with Crippen LogP contribution in [-0.4, -0.2) is 36.1 Å². The average molecular weight is 549 g/mol. The zero-order chi connectivity index (χ0) is 27.6. The predicted octanol–water partition coefficient (Wildman–Crippen LogP) is 8.52. The van der Waals surface area contributed by atoms with Crippen LogP contribution in [0.25, 0.3) is 21.8 Å². The molecular weight excluding hydrogens is 512 g/mol. The van der Waals surface area contributed by atoms with Crippen molar-refractivity contribution in [2.75, 3.05) is 36.0 Å². The molecule has 0 radical (unpaired) electrons. The Kier molecular flexibility index (Phi) is 5.50. The molecule has 9 rings (SSSR count). The van der Waals surface area contributed by atoms with Crippen molar-refractivity contribution in [3.05, 3.63) is 131 Å². The van der Waals surface area contributed by atoms with Gasteiger partial charge in [0.15, 0.2) is 0 Å². The van der Waals surface area contributed by atoms with Crippen LogP contribution in [0.1, 0.15) is 71.2 Å². The number of nitrogens with zero attached hydrogens (tertiary/aromatic N) is 2. The van der Waals surface area contributed by atoms with E-state index in [9.17, 15) is 0 Å². The molecule has 3 aliphatic rings. The number of aromatic nitrogens is 2. The highest BCUT2D eigenvalue weighted by molar-refractivity contribution is 5.94. The number of rotatable bonds is 4. The van der Waals surface area contributed by atoms with Crippen LogP contribution < -0.4 is 9.80 Å². The van der Waals surface area contributed by atoms with E-state index in [0.717, 1.165) is 26.2 Å². The number of H-pyrrole nitrogens is 2. The number of benzene rings is 4. The van der Waals surface area contributed by atoms with E-state index < -0.39 is 0 Å². The number of hydrogen-bond acceptors (Lipinski definition) is 2. The molecule has 1 aliphatic carbocycles. The quantitative estimate of drug-likeness (QED) is 0.231. The van der Waals surface area contributed by atoms with Gasteiger partial charge in [0, 0.05) is 70.7 Å². The lowest BCUT2D eigenvalue weighted by Gasteiger charge is -2.35. The minimum absolute atomic E-state index is 0.116. The molecule has 0 amide bonds. The van der Waals surface area contributed by atoms with Crippen LogP contribution in [0.4, 0.5) is 11.4 Å². The van der Waals surface area contributed by atoms with Gasteiger partial charge >= 0.3 is 0 Å². The Hall–Kier alpha value is -4.44. The fraction of sp³-hybridized carbons (Fsp3) is 0.263. The predicted molar refractivity (Wildman–Crippen MR) is 174 cm³/mol. The van der Waals surface area contributed by atoms with Gasteiger partial charge in [-0.1, -0.05) is 72.8 Å². The van der Waals surface area contributed by atoms with Crippen LogP contribution in [0.5, 0.6) is 0 Å². The number of fused-ring (bicyclic) bond motifs is 6. The minimum Gasteiger partial charge on any atom is -0.371 e. The van der Waals surface area contributed by atoms with E-state index in [0.29, 0.717) is 0 Å². The van der Waals surface area contributed by atoms with Crippen molar-refractivity contribution in [2.45, 2.75) is 37.5 Å². The highest BCUT2D eigenvalue weighted by atomic mass is 15.2. The molecule has 6 aromatic rings. The van der Waals surface area contributed by atoms with E-state index in [1.165, 1.54) is 92.5 Å². The van der Waals surface area contributed by atoms with Crippen LogP contribution in [0.2, 0.25) is 0 Å².